The number of hydrogen-bond acceptors (Lipinski definition) is 6. The number of nitrogens with zero attached hydrogens (tertiary/aromatic N) is 2. The summed E-state index contributed by atoms with van der Waals surface area (Å²) in [6.45, 7) is 8.15. The second-order valence-corrected chi connectivity index (χ2v) is 9.66. The SMILES string of the molecule is CCNC(=NCc1nc(C(C)C)cs1)NCCNS(=O)(=O)c1cccs1.I. The van der Waals surface area contributed by atoms with Gasteiger partial charge in [-0.05, 0) is 24.3 Å². The van der Waals surface area contributed by atoms with Crippen LogP contribution in [0.4, 0.5) is 0 Å². The lowest BCUT2D eigenvalue weighted by Crippen LogP contribution is -2.41. The maximum atomic E-state index is 12.1. The van der Waals surface area contributed by atoms with Gasteiger partial charge >= 0.3 is 0 Å². The van der Waals surface area contributed by atoms with Gasteiger partial charge in [-0.1, -0.05) is 19.9 Å². The first kappa shape index (κ1) is 24.3. The van der Waals surface area contributed by atoms with E-state index >= 15 is 0 Å². The van der Waals surface area contributed by atoms with Crippen LogP contribution in [0.3, 0.4) is 0 Å². The van der Waals surface area contributed by atoms with Gasteiger partial charge in [-0.15, -0.1) is 46.7 Å². The number of rotatable bonds is 9. The van der Waals surface area contributed by atoms with Crippen LogP contribution in [-0.4, -0.2) is 39.0 Å². The zero-order chi connectivity index (χ0) is 19.0. The minimum absolute atomic E-state index is 0. The molecule has 0 amide bonds. The number of hydrogen-bond donors (Lipinski definition) is 3. The summed E-state index contributed by atoms with van der Waals surface area (Å²) < 4.78 is 27.0. The molecule has 0 unspecified atom stereocenters. The molecule has 152 valence electrons. The lowest BCUT2D eigenvalue weighted by molar-refractivity contribution is 0.582. The van der Waals surface area contributed by atoms with Crippen LogP contribution in [0.15, 0.2) is 32.1 Å². The number of aliphatic imine (C=N–C) groups is 1. The largest absolute Gasteiger partial charge is 0.357 e. The molecule has 0 spiro atoms. The minimum Gasteiger partial charge on any atom is -0.357 e. The monoisotopic (exact) mass is 543 g/mol. The fraction of sp³-hybridized carbons (Fsp3) is 0.500. The fourth-order valence-corrected chi connectivity index (χ4v) is 4.95. The molecular formula is C16H26IN5O2S3. The number of halogens is 1. The smallest absolute Gasteiger partial charge is 0.250 e. The number of aromatic nitrogens is 1. The van der Waals surface area contributed by atoms with Gasteiger partial charge in [0.2, 0.25) is 10.0 Å². The Bertz CT molecular complexity index is 804. The quantitative estimate of drug-likeness (QED) is 0.196. The maximum Gasteiger partial charge on any atom is 0.250 e. The standard InChI is InChI=1S/C16H25N5O2S3.HI/c1-4-17-16(19-10-14-21-13(11-25-14)12(2)3)18-7-8-20-26(22,23)15-6-5-9-24-15;/h5-6,9,11-12,20H,4,7-8,10H2,1-3H3,(H2,17,18,19);1H. The third-order valence-electron chi connectivity index (χ3n) is 3.35. The summed E-state index contributed by atoms with van der Waals surface area (Å²) >= 11 is 2.80. The van der Waals surface area contributed by atoms with Crippen molar-refractivity contribution in [2.75, 3.05) is 19.6 Å². The summed E-state index contributed by atoms with van der Waals surface area (Å²) in [6.07, 6.45) is 0. The molecule has 11 heteroatoms. The van der Waals surface area contributed by atoms with Crippen LogP contribution in [0.2, 0.25) is 0 Å². The minimum atomic E-state index is -3.43. The van der Waals surface area contributed by atoms with Gasteiger partial charge in [0, 0.05) is 25.0 Å². The van der Waals surface area contributed by atoms with Gasteiger partial charge in [0.05, 0.1) is 12.2 Å². The maximum absolute atomic E-state index is 12.1. The predicted molar refractivity (Wildman–Crippen MR) is 124 cm³/mol. The summed E-state index contributed by atoms with van der Waals surface area (Å²) in [5.41, 5.74) is 1.08. The van der Waals surface area contributed by atoms with Gasteiger partial charge in [-0.3, -0.25) is 0 Å². The number of thiophene rings is 1. The van der Waals surface area contributed by atoms with E-state index in [9.17, 15) is 8.42 Å². The van der Waals surface area contributed by atoms with Crippen molar-refractivity contribution in [1.82, 2.24) is 20.3 Å². The van der Waals surface area contributed by atoms with Crippen LogP contribution in [0.1, 0.15) is 37.4 Å². The molecule has 0 atom stereocenters. The van der Waals surface area contributed by atoms with Gasteiger partial charge in [0.1, 0.15) is 9.22 Å². The van der Waals surface area contributed by atoms with E-state index in [2.05, 4.69) is 44.6 Å². The molecule has 0 saturated heterocycles. The Balaban J connectivity index is 0.00000364. The molecule has 0 saturated carbocycles. The molecule has 0 bridgehead atoms. The van der Waals surface area contributed by atoms with E-state index in [1.165, 1.54) is 11.3 Å². The Hall–Kier alpha value is -0.760. The highest BCUT2D eigenvalue weighted by Crippen LogP contribution is 2.18. The first-order chi connectivity index (χ1) is 12.4. The summed E-state index contributed by atoms with van der Waals surface area (Å²) in [5.74, 6) is 1.05. The van der Waals surface area contributed by atoms with E-state index in [1.807, 2.05) is 6.92 Å². The Morgan fingerprint density at radius 3 is 2.63 bits per heavy atom. The van der Waals surface area contributed by atoms with Crippen molar-refractivity contribution in [1.29, 1.82) is 0 Å². The molecule has 0 aliphatic carbocycles. The van der Waals surface area contributed by atoms with Crippen molar-refractivity contribution in [2.24, 2.45) is 4.99 Å². The van der Waals surface area contributed by atoms with Gasteiger partial charge in [0.25, 0.3) is 0 Å². The Morgan fingerprint density at radius 2 is 2.04 bits per heavy atom. The summed E-state index contributed by atoms with van der Waals surface area (Å²) in [4.78, 5) is 9.07. The first-order valence-electron chi connectivity index (χ1n) is 8.42. The molecule has 0 aliphatic rings. The highest BCUT2D eigenvalue weighted by molar-refractivity contribution is 14.0. The molecule has 2 rings (SSSR count). The molecule has 0 radical (unpaired) electrons. The topological polar surface area (TPSA) is 95.5 Å². The van der Waals surface area contributed by atoms with Crippen molar-refractivity contribution in [3.63, 3.8) is 0 Å². The van der Waals surface area contributed by atoms with Crippen LogP contribution >= 0.6 is 46.7 Å². The van der Waals surface area contributed by atoms with E-state index in [1.54, 1.807) is 28.8 Å². The molecule has 2 aromatic rings. The third-order valence-corrected chi connectivity index (χ3v) is 7.06. The van der Waals surface area contributed by atoms with Crippen molar-refractivity contribution in [3.8, 4) is 0 Å². The zero-order valence-electron chi connectivity index (χ0n) is 15.6. The lowest BCUT2D eigenvalue weighted by atomic mass is 10.2. The Labute approximate surface area is 186 Å². The number of sulfonamides is 1. The van der Waals surface area contributed by atoms with Crippen LogP contribution < -0.4 is 15.4 Å². The number of thiazole rings is 1. The average Bonchev–Trinajstić information content (AvgIpc) is 3.28. The van der Waals surface area contributed by atoms with E-state index in [0.29, 0.717) is 29.2 Å². The van der Waals surface area contributed by atoms with Gasteiger partial charge in [-0.2, -0.15) is 0 Å². The van der Waals surface area contributed by atoms with E-state index < -0.39 is 10.0 Å². The van der Waals surface area contributed by atoms with Crippen LogP contribution in [-0.2, 0) is 16.6 Å². The lowest BCUT2D eigenvalue weighted by Gasteiger charge is -2.11. The summed E-state index contributed by atoms with van der Waals surface area (Å²) in [6, 6.07) is 3.31. The normalized spacial score (nSPS) is 12.1. The highest BCUT2D eigenvalue weighted by atomic mass is 127. The second-order valence-electron chi connectivity index (χ2n) is 5.77. The molecular weight excluding hydrogens is 517 g/mol. The third kappa shape index (κ3) is 8.02. The van der Waals surface area contributed by atoms with Crippen molar-refractivity contribution >= 4 is 62.6 Å². The Morgan fingerprint density at radius 1 is 1.26 bits per heavy atom. The van der Waals surface area contributed by atoms with Gasteiger partial charge in [0.15, 0.2) is 5.96 Å². The molecule has 0 aromatic carbocycles. The number of guanidine groups is 1. The van der Waals surface area contributed by atoms with Crippen molar-refractivity contribution < 1.29 is 8.42 Å². The fourth-order valence-electron chi connectivity index (χ4n) is 2.01. The van der Waals surface area contributed by atoms with Crippen molar-refractivity contribution in [2.45, 2.75) is 37.4 Å². The molecule has 0 fully saturated rings. The summed E-state index contributed by atoms with van der Waals surface area (Å²) in [7, 11) is -3.43. The Kier molecular flexibility index (Phi) is 10.7. The van der Waals surface area contributed by atoms with E-state index in [4.69, 9.17) is 0 Å². The van der Waals surface area contributed by atoms with Gasteiger partial charge < -0.3 is 10.6 Å². The van der Waals surface area contributed by atoms with Gasteiger partial charge in [-0.25, -0.2) is 23.1 Å². The average molecular weight is 544 g/mol. The van der Waals surface area contributed by atoms with Crippen LogP contribution in [0.5, 0.6) is 0 Å². The molecule has 0 aliphatic heterocycles. The highest BCUT2D eigenvalue weighted by Gasteiger charge is 2.13. The molecule has 27 heavy (non-hydrogen) atoms. The van der Waals surface area contributed by atoms with E-state index in [0.717, 1.165) is 17.2 Å². The number of nitrogens with one attached hydrogen (secondary N) is 3. The van der Waals surface area contributed by atoms with E-state index in [-0.39, 0.29) is 30.5 Å². The first-order valence-corrected chi connectivity index (χ1v) is 11.7. The second kappa shape index (κ2) is 11.9. The van der Waals surface area contributed by atoms with Crippen LogP contribution in [0, 0.1) is 0 Å². The van der Waals surface area contributed by atoms with Crippen LogP contribution in [0.25, 0.3) is 0 Å². The van der Waals surface area contributed by atoms with Crippen molar-refractivity contribution in [3.05, 3.63) is 33.6 Å². The molecule has 3 N–H and O–H groups in total. The predicted octanol–water partition coefficient (Wildman–Crippen LogP) is 2.98. The summed E-state index contributed by atoms with van der Waals surface area (Å²) in [5, 5.41) is 11.0. The molecule has 2 heterocycles. The molecule has 7 nitrogen and oxygen atoms in total. The molecule has 2 aromatic heterocycles. The zero-order valence-corrected chi connectivity index (χ0v) is 20.3.